The van der Waals surface area contributed by atoms with Crippen molar-refractivity contribution in [3.8, 4) is 11.4 Å². The third-order valence-corrected chi connectivity index (χ3v) is 3.02. The summed E-state index contributed by atoms with van der Waals surface area (Å²) in [5.74, 6) is -0.796. The number of carbonyl (C=O) groups is 1. The van der Waals surface area contributed by atoms with E-state index in [1.54, 1.807) is 13.0 Å². The van der Waals surface area contributed by atoms with Crippen molar-refractivity contribution in [3.05, 3.63) is 47.7 Å². The second kappa shape index (κ2) is 7.24. The topological polar surface area (TPSA) is 75.5 Å². The molecule has 1 aromatic heterocycles. The van der Waals surface area contributed by atoms with Crippen molar-refractivity contribution in [2.75, 3.05) is 14.2 Å². The molecule has 0 radical (unpaired) electrons. The summed E-state index contributed by atoms with van der Waals surface area (Å²) in [5, 5.41) is 6.97. The van der Waals surface area contributed by atoms with Gasteiger partial charge in [-0.3, -0.25) is 0 Å². The number of carbonyl (C=O) groups excluding carboxylic acids is 1. The lowest BCUT2D eigenvalue weighted by atomic mass is 10.2. The molecule has 0 aliphatic rings. The summed E-state index contributed by atoms with van der Waals surface area (Å²) in [6, 6.07) is 4.49. The molecule has 10 heteroatoms. The molecule has 25 heavy (non-hydrogen) atoms. The lowest BCUT2D eigenvalue weighted by Gasteiger charge is -2.11. The number of hydrogen-bond acceptors (Lipinski definition) is 6. The fourth-order valence-electron chi connectivity index (χ4n) is 1.78. The number of halogens is 3. The monoisotopic (exact) mass is 357 g/mol. The highest BCUT2D eigenvalue weighted by Gasteiger charge is 2.34. The molecular formula is C15H14F3N3O4. The molecule has 0 N–H and O–H groups in total. The molecule has 0 fully saturated rings. The van der Waals surface area contributed by atoms with E-state index in [0.29, 0.717) is 11.8 Å². The molecule has 7 nitrogen and oxygen atoms in total. The Morgan fingerprint density at radius 1 is 1.28 bits per heavy atom. The van der Waals surface area contributed by atoms with E-state index >= 15 is 0 Å². The van der Waals surface area contributed by atoms with E-state index < -0.39 is 17.8 Å². The molecule has 0 bridgehead atoms. The Balaban J connectivity index is 2.36. The summed E-state index contributed by atoms with van der Waals surface area (Å²) in [5.41, 5.74) is -0.277. The number of aryl methyl sites for hydroxylation is 1. The van der Waals surface area contributed by atoms with E-state index in [4.69, 9.17) is 9.47 Å². The Hall–Kier alpha value is -3.04. The third-order valence-electron chi connectivity index (χ3n) is 3.02. The predicted octanol–water partition coefficient (Wildman–Crippen LogP) is 2.63. The van der Waals surface area contributed by atoms with Crippen molar-refractivity contribution in [2.45, 2.75) is 13.1 Å². The highest BCUT2D eigenvalue weighted by atomic mass is 19.4. The van der Waals surface area contributed by atoms with Crippen molar-refractivity contribution >= 4 is 5.97 Å². The molecule has 0 unspecified atom stereocenters. The number of methoxy groups -OCH3 is 2. The van der Waals surface area contributed by atoms with Crippen LogP contribution in [0.4, 0.5) is 13.2 Å². The number of esters is 1. The molecule has 0 spiro atoms. The van der Waals surface area contributed by atoms with Crippen LogP contribution in [0.3, 0.4) is 0 Å². The third kappa shape index (κ3) is 4.28. The Morgan fingerprint density at radius 3 is 2.56 bits per heavy atom. The maximum Gasteiger partial charge on any atom is 0.436 e. The van der Waals surface area contributed by atoms with Crippen LogP contribution in [0.25, 0.3) is 5.69 Å². The van der Waals surface area contributed by atoms with E-state index in [-0.39, 0.29) is 17.2 Å². The number of ether oxygens (including phenoxy) is 3. The van der Waals surface area contributed by atoms with Gasteiger partial charge < -0.3 is 14.2 Å². The van der Waals surface area contributed by atoms with Crippen molar-refractivity contribution in [1.29, 1.82) is 0 Å². The zero-order valence-corrected chi connectivity index (χ0v) is 13.5. The van der Waals surface area contributed by atoms with Crippen LogP contribution in [0.15, 0.2) is 36.4 Å². The summed E-state index contributed by atoms with van der Waals surface area (Å²) in [6.07, 6.45) is -2.93. The maximum atomic E-state index is 12.6. The number of nitrogens with zero attached hydrogens (tertiary/aromatic N) is 3. The van der Waals surface area contributed by atoms with Gasteiger partial charge in [0.1, 0.15) is 12.0 Å². The van der Waals surface area contributed by atoms with Gasteiger partial charge in [-0.05, 0) is 18.6 Å². The highest BCUT2D eigenvalue weighted by Crippen LogP contribution is 2.28. The largest absolute Gasteiger partial charge is 0.500 e. The molecule has 1 aromatic carbocycles. The van der Waals surface area contributed by atoms with Crippen LogP contribution in [-0.4, -0.2) is 35.2 Å². The number of rotatable bonds is 5. The minimum atomic E-state index is -4.60. The van der Waals surface area contributed by atoms with E-state index in [0.717, 1.165) is 11.1 Å². The van der Waals surface area contributed by atoms with Gasteiger partial charge >= 0.3 is 12.1 Å². The average molecular weight is 357 g/mol. The van der Waals surface area contributed by atoms with Gasteiger partial charge in [0.25, 0.3) is 0 Å². The fraction of sp³-hybridized carbons (Fsp3) is 0.267. The lowest BCUT2D eigenvalue weighted by molar-refractivity contribution is -0.141. The second-order valence-electron chi connectivity index (χ2n) is 4.78. The van der Waals surface area contributed by atoms with Crippen LogP contribution >= 0.6 is 0 Å². The van der Waals surface area contributed by atoms with Gasteiger partial charge in [0.05, 0.1) is 26.1 Å². The molecule has 134 valence electrons. The van der Waals surface area contributed by atoms with Gasteiger partial charge in [0.2, 0.25) is 5.76 Å². The molecule has 2 aromatic rings. The number of aromatic nitrogens is 3. The quantitative estimate of drug-likeness (QED) is 0.465. The molecular weight excluding hydrogens is 343 g/mol. The predicted molar refractivity (Wildman–Crippen MR) is 78.8 cm³/mol. The molecule has 0 amide bonds. The Kier molecular flexibility index (Phi) is 5.30. The van der Waals surface area contributed by atoms with Crippen molar-refractivity contribution in [2.24, 2.45) is 0 Å². The normalized spacial score (nSPS) is 12.0. The minimum absolute atomic E-state index is 0.206. The van der Waals surface area contributed by atoms with Crippen LogP contribution in [0.5, 0.6) is 5.75 Å². The molecule has 0 saturated heterocycles. The van der Waals surface area contributed by atoms with Gasteiger partial charge in [-0.1, -0.05) is 6.07 Å². The van der Waals surface area contributed by atoms with E-state index in [2.05, 4.69) is 14.9 Å². The first-order valence-corrected chi connectivity index (χ1v) is 6.86. The van der Waals surface area contributed by atoms with Crippen molar-refractivity contribution < 1.29 is 32.2 Å². The van der Waals surface area contributed by atoms with Gasteiger partial charge in [-0.25, -0.2) is 4.79 Å². The van der Waals surface area contributed by atoms with Crippen LogP contribution in [0.1, 0.15) is 11.3 Å². The Bertz CT molecular complexity index is 800. The maximum absolute atomic E-state index is 12.6. The first-order chi connectivity index (χ1) is 11.8. The molecule has 0 aliphatic heterocycles. The number of benzene rings is 1. The Morgan fingerprint density at radius 2 is 2.00 bits per heavy atom. The Labute approximate surface area is 140 Å². The molecule has 0 aliphatic carbocycles. The smallest absolute Gasteiger partial charge is 0.436 e. The second-order valence-corrected chi connectivity index (χ2v) is 4.78. The summed E-state index contributed by atoms with van der Waals surface area (Å²) in [7, 11) is 2.49. The molecule has 0 atom stereocenters. The lowest BCUT2D eigenvalue weighted by Crippen LogP contribution is -2.12. The fourth-order valence-corrected chi connectivity index (χ4v) is 1.78. The van der Waals surface area contributed by atoms with Gasteiger partial charge in [0.15, 0.2) is 5.69 Å². The number of hydrogen-bond donors (Lipinski definition) is 0. The van der Waals surface area contributed by atoms with Gasteiger partial charge in [0, 0.05) is 6.07 Å². The van der Waals surface area contributed by atoms with Crippen LogP contribution < -0.4 is 4.74 Å². The summed E-state index contributed by atoms with van der Waals surface area (Å²) < 4.78 is 52.7. The van der Waals surface area contributed by atoms with Crippen LogP contribution in [-0.2, 0) is 20.4 Å². The minimum Gasteiger partial charge on any atom is -0.500 e. The summed E-state index contributed by atoms with van der Waals surface area (Å²) in [4.78, 5) is 12.4. The molecule has 0 saturated carbocycles. The van der Waals surface area contributed by atoms with Gasteiger partial charge in [-0.15, -0.1) is 5.10 Å². The first kappa shape index (κ1) is 18.3. The highest BCUT2D eigenvalue weighted by molar-refractivity contribution is 5.86. The van der Waals surface area contributed by atoms with Crippen molar-refractivity contribution in [3.63, 3.8) is 0 Å². The van der Waals surface area contributed by atoms with E-state index in [1.165, 1.54) is 26.4 Å². The summed E-state index contributed by atoms with van der Waals surface area (Å²) >= 11 is 0. The van der Waals surface area contributed by atoms with E-state index in [9.17, 15) is 18.0 Å². The molecule has 2 rings (SSSR count). The van der Waals surface area contributed by atoms with Gasteiger partial charge in [-0.2, -0.15) is 23.1 Å². The molecule has 1 heterocycles. The first-order valence-electron chi connectivity index (χ1n) is 6.86. The standard InChI is InChI=1S/C15H14F3N3O4/c1-9-4-5-10(21-19-7-13(20-21)15(16,17)18)6-11(9)25-12(8-23-2)14(22)24-3/h4-8H,1-3H3/b12-8-. The van der Waals surface area contributed by atoms with Crippen molar-refractivity contribution in [1.82, 2.24) is 15.0 Å². The zero-order valence-electron chi connectivity index (χ0n) is 13.5. The average Bonchev–Trinajstić information content (AvgIpc) is 3.06. The zero-order chi connectivity index (χ0) is 18.6. The van der Waals surface area contributed by atoms with Crippen LogP contribution in [0, 0.1) is 6.92 Å². The van der Waals surface area contributed by atoms with Crippen LogP contribution in [0.2, 0.25) is 0 Å². The number of alkyl halides is 3. The summed E-state index contributed by atoms with van der Waals surface area (Å²) in [6.45, 7) is 1.69. The SMILES string of the molecule is CO/C=C(\Oc1cc(-n2ncc(C(F)(F)F)n2)ccc1C)C(=O)OC. The van der Waals surface area contributed by atoms with E-state index in [1.807, 2.05) is 0 Å².